The minimum atomic E-state index is -0.337. The molecule has 4 N–H and O–H groups in total. The van der Waals surface area contributed by atoms with Gasteiger partial charge in [0.2, 0.25) is 0 Å². The summed E-state index contributed by atoms with van der Waals surface area (Å²) in [5.41, 5.74) is 5.83. The summed E-state index contributed by atoms with van der Waals surface area (Å²) in [6.45, 7) is 1.34. The number of nitrogens with one attached hydrogen (secondary N) is 1. The summed E-state index contributed by atoms with van der Waals surface area (Å²) in [4.78, 5) is 10.2. The number of nitrogens with zero attached hydrogens (tertiary/aromatic N) is 3. The molecule has 0 radical (unpaired) electrons. The van der Waals surface area contributed by atoms with E-state index in [2.05, 4.69) is 9.97 Å². The predicted octanol–water partition coefficient (Wildman–Crippen LogP) is -0.278. The number of nitrogen functional groups attached to an aromatic ring is 1. The van der Waals surface area contributed by atoms with Crippen LogP contribution in [0.25, 0.3) is 0 Å². The molecule has 1 aliphatic rings. The van der Waals surface area contributed by atoms with Gasteiger partial charge < -0.3 is 15.7 Å². The summed E-state index contributed by atoms with van der Waals surface area (Å²) in [6, 6.07) is 0. The monoisotopic (exact) mass is 221 g/mol. The van der Waals surface area contributed by atoms with Gasteiger partial charge in [0.25, 0.3) is 0 Å². The highest BCUT2D eigenvalue weighted by atomic mass is 16.3. The van der Waals surface area contributed by atoms with E-state index in [9.17, 15) is 5.11 Å². The number of aliphatic hydroxyl groups is 1. The van der Waals surface area contributed by atoms with Crippen molar-refractivity contribution in [1.82, 2.24) is 9.97 Å². The van der Waals surface area contributed by atoms with E-state index in [1.165, 1.54) is 6.20 Å². The van der Waals surface area contributed by atoms with E-state index in [1.807, 2.05) is 4.90 Å². The summed E-state index contributed by atoms with van der Waals surface area (Å²) < 4.78 is 0. The molecule has 1 atom stereocenters. The van der Waals surface area contributed by atoms with Gasteiger partial charge in [0.1, 0.15) is 11.5 Å². The average molecular weight is 221 g/mol. The molecule has 2 heterocycles. The first-order valence-electron chi connectivity index (χ1n) is 5.27. The van der Waals surface area contributed by atoms with Crippen LogP contribution in [0.15, 0.2) is 12.4 Å². The fourth-order valence-corrected chi connectivity index (χ4v) is 1.90. The second-order valence-corrected chi connectivity index (χ2v) is 3.88. The van der Waals surface area contributed by atoms with E-state index in [0.717, 1.165) is 19.4 Å². The van der Waals surface area contributed by atoms with Crippen molar-refractivity contribution in [2.75, 3.05) is 18.0 Å². The lowest BCUT2D eigenvalue weighted by Gasteiger charge is -2.31. The highest BCUT2D eigenvalue weighted by Crippen LogP contribution is 2.19. The van der Waals surface area contributed by atoms with Gasteiger partial charge in [0.15, 0.2) is 5.82 Å². The van der Waals surface area contributed by atoms with Crippen LogP contribution in [-0.4, -0.2) is 40.1 Å². The Bertz CT molecular complexity index is 395. The van der Waals surface area contributed by atoms with Crippen LogP contribution in [0.3, 0.4) is 0 Å². The van der Waals surface area contributed by atoms with Crippen molar-refractivity contribution >= 4 is 11.7 Å². The Kier molecular flexibility index (Phi) is 3.00. The fraction of sp³-hybridized carbons (Fsp3) is 0.500. The summed E-state index contributed by atoms with van der Waals surface area (Å²) in [7, 11) is 0. The molecule has 16 heavy (non-hydrogen) atoms. The van der Waals surface area contributed by atoms with Gasteiger partial charge in [-0.05, 0) is 12.8 Å². The summed E-state index contributed by atoms with van der Waals surface area (Å²) in [5.74, 6) is 0.497. The standard InChI is InChI=1S/C10H15N5O/c11-9(12)8-10(14-4-3-13-8)15-5-1-2-7(16)6-15/h3-4,7,16H,1-2,5-6H2,(H3,11,12). The van der Waals surface area contributed by atoms with Gasteiger partial charge in [0.05, 0.1) is 6.10 Å². The molecular formula is C10H15N5O. The van der Waals surface area contributed by atoms with Gasteiger partial charge >= 0.3 is 0 Å². The zero-order valence-electron chi connectivity index (χ0n) is 8.93. The normalized spacial score (nSPS) is 20.8. The Balaban J connectivity index is 2.28. The first kappa shape index (κ1) is 10.8. The topological polar surface area (TPSA) is 99.1 Å². The van der Waals surface area contributed by atoms with Crippen molar-refractivity contribution in [3.63, 3.8) is 0 Å². The van der Waals surface area contributed by atoms with Crippen molar-refractivity contribution in [3.8, 4) is 0 Å². The van der Waals surface area contributed by atoms with Gasteiger partial charge in [-0.1, -0.05) is 0 Å². The third-order valence-corrected chi connectivity index (χ3v) is 2.63. The molecule has 0 aromatic carbocycles. The van der Waals surface area contributed by atoms with Crippen LogP contribution in [0.2, 0.25) is 0 Å². The lowest BCUT2D eigenvalue weighted by atomic mass is 10.1. The van der Waals surface area contributed by atoms with Crippen molar-refractivity contribution in [1.29, 1.82) is 5.41 Å². The van der Waals surface area contributed by atoms with Crippen LogP contribution in [0.4, 0.5) is 5.82 Å². The van der Waals surface area contributed by atoms with Crippen LogP contribution in [-0.2, 0) is 0 Å². The van der Waals surface area contributed by atoms with E-state index < -0.39 is 0 Å². The van der Waals surface area contributed by atoms with Gasteiger partial charge in [0, 0.05) is 25.5 Å². The molecule has 86 valence electrons. The minimum Gasteiger partial charge on any atom is -0.391 e. The average Bonchev–Trinajstić information content (AvgIpc) is 2.29. The lowest BCUT2D eigenvalue weighted by Crippen LogP contribution is -2.40. The van der Waals surface area contributed by atoms with Crippen LogP contribution in [0.1, 0.15) is 18.5 Å². The van der Waals surface area contributed by atoms with Crippen LogP contribution in [0.5, 0.6) is 0 Å². The van der Waals surface area contributed by atoms with E-state index in [4.69, 9.17) is 11.1 Å². The Labute approximate surface area is 93.6 Å². The van der Waals surface area contributed by atoms with Gasteiger partial charge in [-0.15, -0.1) is 0 Å². The highest BCUT2D eigenvalue weighted by molar-refractivity contribution is 5.97. The molecule has 0 bridgehead atoms. The second kappa shape index (κ2) is 4.44. The number of anilines is 1. The van der Waals surface area contributed by atoms with Gasteiger partial charge in [-0.25, -0.2) is 9.97 Å². The smallest absolute Gasteiger partial charge is 0.158 e. The van der Waals surface area contributed by atoms with Gasteiger partial charge in [-0.2, -0.15) is 0 Å². The first-order valence-corrected chi connectivity index (χ1v) is 5.27. The summed E-state index contributed by atoms with van der Waals surface area (Å²) in [6.07, 6.45) is 4.47. The quantitative estimate of drug-likeness (QED) is 0.471. The van der Waals surface area contributed by atoms with E-state index in [0.29, 0.717) is 18.1 Å². The highest BCUT2D eigenvalue weighted by Gasteiger charge is 2.22. The van der Waals surface area contributed by atoms with Crippen molar-refractivity contribution in [2.24, 2.45) is 5.73 Å². The lowest BCUT2D eigenvalue weighted by molar-refractivity contribution is 0.154. The third kappa shape index (κ3) is 2.11. The van der Waals surface area contributed by atoms with Crippen molar-refractivity contribution in [3.05, 3.63) is 18.1 Å². The fourth-order valence-electron chi connectivity index (χ4n) is 1.90. The van der Waals surface area contributed by atoms with Crippen LogP contribution < -0.4 is 10.6 Å². The molecular weight excluding hydrogens is 206 g/mol. The number of aliphatic hydroxyl groups excluding tert-OH is 1. The maximum absolute atomic E-state index is 9.60. The third-order valence-electron chi connectivity index (χ3n) is 2.63. The second-order valence-electron chi connectivity index (χ2n) is 3.88. The molecule has 6 nitrogen and oxygen atoms in total. The molecule has 0 amide bonds. The Morgan fingerprint density at radius 1 is 1.50 bits per heavy atom. The first-order chi connectivity index (χ1) is 7.68. The van der Waals surface area contributed by atoms with Crippen LogP contribution in [0, 0.1) is 5.41 Å². The molecule has 6 heteroatoms. The number of nitrogens with two attached hydrogens (primary N) is 1. The molecule has 1 fully saturated rings. The Hall–Kier alpha value is -1.69. The van der Waals surface area contributed by atoms with Gasteiger partial charge in [-0.3, -0.25) is 5.41 Å². The summed E-state index contributed by atoms with van der Waals surface area (Å²) >= 11 is 0. The van der Waals surface area contributed by atoms with Crippen molar-refractivity contribution in [2.45, 2.75) is 18.9 Å². The number of aromatic nitrogens is 2. The number of amidine groups is 1. The molecule has 2 rings (SSSR count). The molecule has 1 unspecified atom stereocenters. The maximum Gasteiger partial charge on any atom is 0.158 e. The molecule has 0 saturated carbocycles. The Morgan fingerprint density at radius 3 is 2.94 bits per heavy atom. The number of rotatable bonds is 2. The maximum atomic E-state index is 9.60. The van der Waals surface area contributed by atoms with Crippen LogP contribution >= 0.6 is 0 Å². The molecule has 1 aromatic heterocycles. The van der Waals surface area contributed by atoms with Crippen molar-refractivity contribution < 1.29 is 5.11 Å². The van der Waals surface area contributed by atoms with E-state index in [1.54, 1.807) is 6.20 Å². The minimum absolute atomic E-state index is 0.0943. The molecule has 1 aliphatic heterocycles. The Morgan fingerprint density at radius 2 is 2.25 bits per heavy atom. The number of β-amino-alcohol motifs (C(OH)–C–C–N with tert-alkyl or cyclic N) is 1. The number of piperidine rings is 1. The predicted molar refractivity (Wildman–Crippen MR) is 60.5 cm³/mol. The zero-order valence-corrected chi connectivity index (χ0v) is 8.93. The molecule has 1 saturated heterocycles. The largest absolute Gasteiger partial charge is 0.391 e. The molecule has 0 aliphatic carbocycles. The molecule has 0 spiro atoms. The number of hydrogen-bond donors (Lipinski definition) is 3. The van der Waals surface area contributed by atoms with E-state index in [-0.39, 0.29) is 11.9 Å². The van der Waals surface area contributed by atoms with E-state index >= 15 is 0 Å². The zero-order chi connectivity index (χ0) is 11.5. The SMILES string of the molecule is N=C(N)c1nccnc1N1CCCC(O)C1. The summed E-state index contributed by atoms with van der Waals surface area (Å²) in [5, 5.41) is 17.0. The molecule has 1 aromatic rings. The number of hydrogen-bond acceptors (Lipinski definition) is 5.